The summed E-state index contributed by atoms with van der Waals surface area (Å²) in [6, 6.07) is 17.6. The van der Waals surface area contributed by atoms with Gasteiger partial charge in [0, 0.05) is 50.3 Å². The Kier molecular flexibility index (Phi) is 7.49. The Morgan fingerprint density at radius 3 is 2.65 bits per heavy atom. The van der Waals surface area contributed by atoms with E-state index in [0.29, 0.717) is 17.9 Å². The molecule has 0 bridgehead atoms. The number of rotatable bonds is 7. The van der Waals surface area contributed by atoms with Gasteiger partial charge in [-0.2, -0.15) is 0 Å². The van der Waals surface area contributed by atoms with E-state index in [-0.39, 0.29) is 5.75 Å². The number of aryl methyl sites for hydroxylation is 1. The molecule has 1 aliphatic heterocycles. The van der Waals surface area contributed by atoms with E-state index < -0.39 is 11.7 Å². The number of ether oxygens (including phenoxy) is 1. The Bertz CT molecular complexity index is 1180. The second kappa shape index (κ2) is 10.9. The summed E-state index contributed by atoms with van der Waals surface area (Å²) in [5.74, 6) is -0.0561. The first-order valence-corrected chi connectivity index (χ1v) is 11.5. The summed E-state index contributed by atoms with van der Waals surface area (Å²) >= 11 is 0. The van der Waals surface area contributed by atoms with Crippen molar-refractivity contribution in [2.75, 3.05) is 55.3 Å². The lowest BCUT2D eigenvalue weighted by molar-refractivity contribution is 0.214. The minimum absolute atomic E-state index is 0.0561. The summed E-state index contributed by atoms with van der Waals surface area (Å²) in [4.78, 5) is 32.1. The molecule has 4 rings (SSSR count). The molecule has 1 saturated heterocycles. The van der Waals surface area contributed by atoms with Crippen LogP contribution in [0.25, 0.3) is 0 Å². The molecule has 0 spiro atoms. The predicted octanol–water partition coefficient (Wildman–Crippen LogP) is 3.70. The smallest absolute Gasteiger partial charge is 0.402 e. The van der Waals surface area contributed by atoms with E-state index in [0.717, 1.165) is 38.3 Å². The molecular weight excluding hydrogens is 430 g/mol. The number of hydrogen-bond donors (Lipinski definition) is 3. The molecule has 0 atom stereocenters. The number of aromatic amines is 1. The van der Waals surface area contributed by atoms with Crippen LogP contribution < -0.4 is 25.8 Å². The van der Waals surface area contributed by atoms with Crippen LogP contribution in [0.5, 0.6) is 5.75 Å². The van der Waals surface area contributed by atoms with Crippen molar-refractivity contribution in [3.63, 3.8) is 0 Å². The molecule has 34 heavy (non-hydrogen) atoms. The Balaban J connectivity index is 1.38. The predicted molar refractivity (Wildman–Crippen MR) is 136 cm³/mol. The average molecular weight is 462 g/mol. The number of hydrogen-bond acceptors (Lipinski definition) is 6. The zero-order valence-electron chi connectivity index (χ0n) is 19.6. The summed E-state index contributed by atoms with van der Waals surface area (Å²) in [6.07, 6.45) is 1.59. The molecule has 8 heteroatoms. The Morgan fingerprint density at radius 1 is 1.06 bits per heavy atom. The van der Waals surface area contributed by atoms with Gasteiger partial charge < -0.3 is 24.8 Å². The summed E-state index contributed by atoms with van der Waals surface area (Å²) < 4.78 is 5.42. The van der Waals surface area contributed by atoms with E-state index in [9.17, 15) is 9.59 Å². The van der Waals surface area contributed by atoms with Gasteiger partial charge in [0.15, 0.2) is 0 Å². The van der Waals surface area contributed by atoms with Crippen molar-refractivity contribution in [3.05, 3.63) is 82.3 Å². The normalized spacial score (nSPS) is 14.0. The molecule has 1 amide bonds. The van der Waals surface area contributed by atoms with Crippen molar-refractivity contribution in [2.45, 2.75) is 13.3 Å². The maximum atomic E-state index is 12.6. The van der Waals surface area contributed by atoms with Crippen LogP contribution in [0.4, 0.5) is 21.9 Å². The number of benzene rings is 2. The van der Waals surface area contributed by atoms with Crippen LogP contribution in [0.15, 0.2) is 65.6 Å². The molecule has 3 aromatic rings. The molecule has 3 N–H and O–H groups in total. The van der Waals surface area contributed by atoms with E-state index in [1.165, 1.54) is 17.3 Å². The van der Waals surface area contributed by atoms with E-state index in [1.807, 2.05) is 24.3 Å². The number of amides is 1. The van der Waals surface area contributed by atoms with Gasteiger partial charge in [0.25, 0.3) is 5.56 Å². The first-order valence-electron chi connectivity index (χ1n) is 11.5. The van der Waals surface area contributed by atoms with Crippen molar-refractivity contribution in [1.82, 2.24) is 9.88 Å². The fraction of sp³-hybridized carbons (Fsp3) is 0.308. The van der Waals surface area contributed by atoms with Gasteiger partial charge in [0.2, 0.25) is 5.75 Å². The molecule has 2 aromatic carbocycles. The van der Waals surface area contributed by atoms with E-state index in [1.54, 1.807) is 12.1 Å². The number of nitrogens with one attached hydrogen (secondary N) is 3. The average Bonchev–Trinajstić information content (AvgIpc) is 2.82. The number of carbonyl (C=O) groups excluding carboxylic acids is 1. The topological polar surface area (TPSA) is 89.7 Å². The first kappa shape index (κ1) is 23.4. The quantitative estimate of drug-likeness (QED) is 0.497. The molecule has 0 saturated carbocycles. The second-order valence-corrected chi connectivity index (χ2v) is 8.57. The number of H-pyrrole nitrogens is 1. The lowest BCUT2D eigenvalue weighted by Crippen LogP contribution is -2.44. The van der Waals surface area contributed by atoms with Gasteiger partial charge in [-0.1, -0.05) is 35.9 Å². The molecular formula is C26H31N5O3. The zero-order valence-corrected chi connectivity index (χ0v) is 19.6. The highest BCUT2D eigenvalue weighted by molar-refractivity contribution is 5.87. The third kappa shape index (κ3) is 6.17. The van der Waals surface area contributed by atoms with E-state index in [4.69, 9.17) is 4.74 Å². The monoisotopic (exact) mass is 461 g/mol. The fourth-order valence-electron chi connectivity index (χ4n) is 3.99. The van der Waals surface area contributed by atoms with Crippen molar-refractivity contribution in [1.29, 1.82) is 0 Å². The third-order valence-corrected chi connectivity index (χ3v) is 5.88. The SMILES string of the molecule is Cc1cccc(CCNc2cc[nH]c(=O)c2OC(=O)Nc2cccc(N3CCN(C)CC3)c2)c1. The lowest BCUT2D eigenvalue weighted by Gasteiger charge is -2.34. The van der Waals surface area contributed by atoms with Gasteiger partial charge in [0.05, 0.1) is 5.69 Å². The molecule has 2 heterocycles. The molecule has 0 aliphatic carbocycles. The molecule has 1 aliphatic rings. The third-order valence-electron chi connectivity index (χ3n) is 5.88. The molecule has 178 valence electrons. The van der Waals surface area contributed by atoms with Crippen LogP contribution in [0.2, 0.25) is 0 Å². The number of likely N-dealkylation sites (N-methyl/N-ethyl adjacent to an activating group) is 1. The van der Waals surface area contributed by atoms with Crippen molar-refractivity contribution in [2.24, 2.45) is 0 Å². The molecule has 8 nitrogen and oxygen atoms in total. The molecule has 0 radical (unpaired) electrons. The largest absolute Gasteiger partial charge is 0.417 e. The molecule has 1 aromatic heterocycles. The number of pyridine rings is 1. The number of piperazine rings is 1. The standard InChI is InChI=1S/C26H31N5O3/c1-19-5-3-6-20(17-19)9-11-27-23-10-12-28-25(32)24(23)34-26(33)29-21-7-4-8-22(18-21)31-15-13-30(2)14-16-31/h3-8,10,12,17-18H,9,11,13-16H2,1-2H3,(H,29,33)(H2,27,28,32). The highest BCUT2D eigenvalue weighted by atomic mass is 16.6. The zero-order chi connectivity index (χ0) is 23.9. The van der Waals surface area contributed by atoms with Crippen molar-refractivity contribution >= 4 is 23.2 Å². The van der Waals surface area contributed by atoms with Crippen LogP contribution in [-0.4, -0.2) is 55.7 Å². The summed E-state index contributed by atoms with van der Waals surface area (Å²) in [7, 11) is 2.11. The van der Waals surface area contributed by atoms with Crippen molar-refractivity contribution < 1.29 is 9.53 Å². The van der Waals surface area contributed by atoms with Gasteiger partial charge in [-0.3, -0.25) is 10.1 Å². The summed E-state index contributed by atoms with van der Waals surface area (Å²) in [5.41, 5.74) is 4.05. The minimum Gasteiger partial charge on any atom is -0.402 e. The summed E-state index contributed by atoms with van der Waals surface area (Å²) in [5, 5.41) is 5.95. The van der Waals surface area contributed by atoms with E-state index in [2.05, 4.69) is 57.6 Å². The highest BCUT2D eigenvalue weighted by Gasteiger charge is 2.16. The van der Waals surface area contributed by atoms with Crippen LogP contribution in [0.1, 0.15) is 11.1 Å². The lowest BCUT2D eigenvalue weighted by atomic mass is 10.1. The first-order chi connectivity index (χ1) is 16.5. The van der Waals surface area contributed by atoms with Gasteiger partial charge in [-0.15, -0.1) is 0 Å². The van der Waals surface area contributed by atoms with Crippen LogP contribution in [0.3, 0.4) is 0 Å². The number of anilines is 3. The number of aromatic nitrogens is 1. The van der Waals surface area contributed by atoms with Gasteiger partial charge in [0.1, 0.15) is 0 Å². The van der Waals surface area contributed by atoms with Gasteiger partial charge in [-0.25, -0.2) is 4.79 Å². The minimum atomic E-state index is -0.714. The Hall–Kier alpha value is -3.78. The van der Waals surface area contributed by atoms with Crippen LogP contribution in [-0.2, 0) is 6.42 Å². The van der Waals surface area contributed by atoms with Gasteiger partial charge in [-0.05, 0) is 50.2 Å². The van der Waals surface area contributed by atoms with Crippen LogP contribution >= 0.6 is 0 Å². The van der Waals surface area contributed by atoms with Gasteiger partial charge >= 0.3 is 6.09 Å². The van der Waals surface area contributed by atoms with Crippen LogP contribution in [0, 0.1) is 6.92 Å². The fourth-order valence-corrected chi connectivity index (χ4v) is 3.99. The van der Waals surface area contributed by atoms with Crippen molar-refractivity contribution in [3.8, 4) is 5.75 Å². The Labute approximate surface area is 199 Å². The van der Waals surface area contributed by atoms with E-state index >= 15 is 0 Å². The Morgan fingerprint density at radius 2 is 1.85 bits per heavy atom. The molecule has 0 unspecified atom stereocenters. The number of nitrogens with zero attached hydrogens (tertiary/aromatic N) is 2. The highest BCUT2D eigenvalue weighted by Crippen LogP contribution is 2.22. The maximum absolute atomic E-state index is 12.6. The second-order valence-electron chi connectivity index (χ2n) is 8.57. The maximum Gasteiger partial charge on any atom is 0.417 e. The molecule has 1 fully saturated rings. The summed E-state index contributed by atoms with van der Waals surface area (Å²) in [6.45, 7) is 6.51. The number of carbonyl (C=O) groups is 1.